The summed E-state index contributed by atoms with van der Waals surface area (Å²) in [6, 6.07) is 6.05. The highest BCUT2D eigenvalue weighted by atomic mass is 79.9. The zero-order valence-corrected chi connectivity index (χ0v) is 11.1. The number of thioether (sulfide) groups is 1. The average molecular weight is 285 g/mol. The van der Waals surface area contributed by atoms with Gasteiger partial charge in [0.1, 0.15) is 0 Å². The van der Waals surface area contributed by atoms with E-state index in [1.165, 1.54) is 11.4 Å². The lowest BCUT2D eigenvalue weighted by atomic mass is 10.2. The average Bonchev–Trinajstić information content (AvgIpc) is 2.52. The van der Waals surface area contributed by atoms with Crippen molar-refractivity contribution in [3.63, 3.8) is 0 Å². The highest BCUT2D eigenvalue weighted by molar-refractivity contribution is 9.10. The predicted octanol–water partition coefficient (Wildman–Crippen LogP) is 3.79. The van der Waals surface area contributed by atoms with Crippen molar-refractivity contribution in [2.75, 3.05) is 10.6 Å². The van der Waals surface area contributed by atoms with E-state index in [0.717, 1.165) is 10.2 Å². The van der Waals surface area contributed by atoms with E-state index in [4.69, 9.17) is 5.73 Å². The summed E-state index contributed by atoms with van der Waals surface area (Å²) in [5.74, 6) is 0. The summed E-state index contributed by atoms with van der Waals surface area (Å²) in [7, 11) is 0. The summed E-state index contributed by atoms with van der Waals surface area (Å²) in [6.07, 6.45) is 0. The molecule has 0 saturated heterocycles. The Morgan fingerprint density at radius 1 is 1.47 bits per heavy atom. The number of allylic oxidation sites excluding steroid dienone is 1. The summed E-state index contributed by atoms with van der Waals surface area (Å²) in [4.78, 5) is 2.30. The van der Waals surface area contributed by atoms with E-state index in [0.29, 0.717) is 5.37 Å². The molecule has 4 heteroatoms. The number of anilines is 2. The van der Waals surface area contributed by atoms with Crippen molar-refractivity contribution in [2.24, 2.45) is 0 Å². The van der Waals surface area contributed by atoms with Gasteiger partial charge in [-0.25, -0.2) is 0 Å². The van der Waals surface area contributed by atoms with Crippen LogP contribution in [0, 0.1) is 0 Å². The second-order valence-corrected chi connectivity index (χ2v) is 5.61. The topological polar surface area (TPSA) is 29.3 Å². The molecule has 0 spiro atoms. The molecule has 0 bridgehead atoms. The Morgan fingerprint density at radius 3 is 2.73 bits per heavy atom. The molecular weight excluding hydrogens is 272 g/mol. The zero-order chi connectivity index (χ0) is 11.0. The van der Waals surface area contributed by atoms with Gasteiger partial charge in [-0.05, 0) is 53.4 Å². The number of nitrogens with zero attached hydrogens (tertiary/aromatic N) is 1. The zero-order valence-electron chi connectivity index (χ0n) is 8.70. The third-order valence-corrected chi connectivity index (χ3v) is 4.21. The molecule has 1 aromatic carbocycles. The molecule has 0 fully saturated rings. The molecule has 0 radical (unpaired) electrons. The van der Waals surface area contributed by atoms with Gasteiger partial charge in [0, 0.05) is 21.5 Å². The van der Waals surface area contributed by atoms with E-state index >= 15 is 0 Å². The smallest absolute Gasteiger partial charge is 0.0809 e. The molecule has 2 nitrogen and oxygen atoms in total. The highest BCUT2D eigenvalue weighted by Crippen LogP contribution is 2.36. The molecule has 1 aromatic rings. The lowest BCUT2D eigenvalue weighted by molar-refractivity contribution is 0.920. The third kappa shape index (κ3) is 2.01. The van der Waals surface area contributed by atoms with Crippen LogP contribution in [-0.2, 0) is 0 Å². The van der Waals surface area contributed by atoms with Gasteiger partial charge >= 0.3 is 0 Å². The molecule has 0 saturated carbocycles. The summed E-state index contributed by atoms with van der Waals surface area (Å²) >= 11 is 5.29. The maximum Gasteiger partial charge on any atom is 0.0809 e. The first-order valence-corrected chi connectivity index (χ1v) is 6.49. The largest absolute Gasteiger partial charge is 0.398 e. The quantitative estimate of drug-likeness (QED) is 0.796. The summed E-state index contributed by atoms with van der Waals surface area (Å²) in [6.45, 7) is 4.32. The van der Waals surface area contributed by atoms with Crippen LogP contribution in [0.3, 0.4) is 0 Å². The molecule has 80 valence electrons. The number of nitrogen functional groups attached to an aromatic ring is 1. The van der Waals surface area contributed by atoms with Gasteiger partial charge in [-0.15, -0.1) is 11.8 Å². The lowest BCUT2D eigenvalue weighted by Crippen LogP contribution is -2.24. The Bertz CT molecular complexity index is 417. The highest BCUT2D eigenvalue weighted by Gasteiger charge is 2.21. The van der Waals surface area contributed by atoms with Gasteiger partial charge in [0.25, 0.3) is 0 Å². The maximum atomic E-state index is 5.77. The number of benzene rings is 1. The van der Waals surface area contributed by atoms with Crippen molar-refractivity contribution in [1.82, 2.24) is 0 Å². The molecule has 1 atom stereocenters. The van der Waals surface area contributed by atoms with Gasteiger partial charge in [0.15, 0.2) is 0 Å². The molecule has 1 unspecified atom stereocenters. The maximum absolute atomic E-state index is 5.77. The van der Waals surface area contributed by atoms with Crippen molar-refractivity contribution in [3.05, 3.63) is 33.8 Å². The van der Waals surface area contributed by atoms with Crippen molar-refractivity contribution in [2.45, 2.75) is 19.2 Å². The Kier molecular flexibility index (Phi) is 2.98. The van der Waals surface area contributed by atoms with E-state index in [1.807, 2.05) is 17.8 Å². The molecule has 2 rings (SSSR count). The molecule has 2 N–H and O–H groups in total. The molecule has 0 amide bonds. The standard InChI is InChI=1S/C11H13BrN2S/c1-7-6-15-8(2)14(7)9-3-4-11(13)10(12)5-9/h3-6,8H,13H2,1-2H3. The van der Waals surface area contributed by atoms with Crippen molar-refractivity contribution in [1.29, 1.82) is 0 Å². The van der Waals surface area contributed by atoms with Gasteiger partial charge in [0.05, 0.1) is 5.37 Å². The molecule has 0 aliphatic carbocycles. The van der Waals surface area contributed by atoms with E-state index in [-0.39, 0.29) is 0 Å². The van der Waals surface area contributed by atoms with Crippen molar-refractivity contribution in [3.8, 4) is 0 Å². The molecule has 15 heavy (non-hydrogen) atoms. The van der Waals surface area contributed by atoms with E-state index in [9.17, 15) is 0 Å². The van der Waals surface area contributed by atoms with E-state index in [1.54, 1.807) is 0 Å². The van der Waals surface area contributed by atoms with Crippen LogP contribution < -0.4 is 10.6 Å². The monoisotopic (exact) mass is 284 g/mol. The fourth-order valence-corrected chi connectivity index (χ4v) is 2.96. The number of hydrogen-bond acceptors (Lipinski definition) is 3. The molecule has 1 aliphatic heterocycles. The predicted molar refractivity (Wildman–Crippen MR) is 71.8 cm³/mol. The first-order chi connectivity index (χ1) is 7.09. The van der Waals surface area contributed by atoms with Crippen molar-refractivity contribution < 1.29 is 0 Å². The number of rotatable bonds is 1. The summed E-state index contributed by atoms with van der Waals surface area (Å²) in [5, 5.41) is 2.65. The van der Waals surface area contributed by atoms with Crippen LogP contribution in [0.2, 0.25) is 0 Å². The van der Waals surface area contributed by atoms with Gasteiger partial charge in [-0.2, -0.15) is 0 Å². The molecule has 1 aliphatic rings. The Balaban J connectivity index is 2.37. The SMILES string of the molecule is CC1=CSC(C)N1c1ccc(N)c(Br)c1. The number of nitrogens with two attached hydrogens (primary N) is 1. The Morgan fingerprint density at radius 2 is 2.20 bits per heavy atom. The van der Waals surface area contributed by atoms with Crippen LogP contribution in [0.4, 0.5) is 11.4 Å². The van der Waals surface area contributed by atoms with Crippen LogP contribution in [-0.4, -0.2) is 5.37 Å². The van der Waals surface area contributed by atoms with Crippen LogP contribution in [0.5, 0.6) is 0 Å². The second kappa shape index (κ2) is 4.10. The summed E-state index contributed by atoms with van der Waals surface area (Å²) < 4.78 is 0.955. The van der Waals surface area contributed by atoms with Gasteiger partial charge < -0.3 is 10.6 Å². The van der Waals surface area contributed by atoms with Crippen LogP contribution in [0.25, 0.3) is 0 Å². The number of hydrogen-bond donors (Lipinski definition) is 1. The van der Waals surface area contributed by atoms with E-state index in [2.05, 4.69) is 52.2 Å². The first-order valence-electron chi connectivity index (χ1n) is 4.76. The number of halogens is 1. The van der Waals surface area contributed by atoms with Crippen LogP contribution >= 0.6 is 27.7 Å². The lowest BCUT2D eigenvalue weighted by Gasteiger charge is -2.25. The minimum atomic E-state index is 0.459. The minimum absolute atomic E-state index is 0.459. The normalized spacial score (nSPS) is 20.6. The van der Waals surface area contributed by atoms with Gasteiger partial charge in [0.2, 0.25) is 0 Å². The van der Waals surface area contributed by atoms with Crippen LogP contribution in [0.1, 0.15) is 13.8 Å². The minimum Gasteiger partial charge on any atom is -0.398 e. The fraction of sp³-hybridized carbons (Fsp3) is 0.273. The van der Waals surface area contributed by atoms with Gasteiger partial charge in [-0.1, -0.05) is 0 Å². The van der Waals surface area contributed by atoms with E-state index < -0.39 is 0 Å². The molecule has 0 aromatic heterocycles. The third-order valence-electron chi connectivity index (χ3n) is 2.44. The Hall–Kier alpha value is -0.610. The van der Waals surface area contributed by atoms with Gasteiger partial charge in [-0.3, -0.25) is 0 Å². The second-order valence-electron chi connectivity index (χ2n) is 3.57. The molecule has 1 heterocycles. The van der Waals surface area contributed by atoms with Crippen molar-refractivity contribution >= 4 is 39.1 Å². The van der Waals surface area contributed by atoms with Crippen LogP contribution in [0.15, 0.2) is 33.8 Å². The molecular formula is C11H13BrN2S. The Labute approximate surface area is 103 Å². The fourth-order valence-electron chi connectivity index (χ4n) is 1.68. The summed E-state index contributed by atoms with van der Waals surface area (Å²) in [5.41, 5.74) is 9.01. The first kappa shape index (κ1) is 10.9.